The van der Waals surface area contributed by atoms with E-state index < -0.39 is 0 Å². The lowest BCUT2D eigenvalue weighted by Gasteiger charge is -2.09. The first-order valence-electron chi connectivity index (χ1n) is 10.2. The van der Waals surface area contributed by atoms with Gasteiger partial charge in [-0.05, 0) is 48.4 Å². The van der Waals surface area contributed by atoms with Gasteiger partial charge in [-0.3, -0.25) is 0 Å². The normalized spacial score (nSPS) is 11.0. The van der Waals surface area contributed by atoms with Crippen molar-refractivity contribution in [1.82, 2.24) is 24.6 Å². The molecule has 0 unspecified atom stereocenters. The Morgan fingerprint density at radius 1 is 0.848 bits per heavy atom. The number of fused-ring (bicyclic) bond motifs is 1. The van der Waals surface area contributed by atoms with E-state index in [0.29, 0.717) is 34.7 Å². The first-order chi connectivity index (χ1) is 16.0. The number of aryl methyl sites for hydroxylation is 1. The Labute approximate surface area is 189 Å². The summed E-state index contributed by atoms with van der Waals surface area (Å²) in [7, 11) is 1.60. The first kappa shape index (κ1) is 20.3. The fourth-order valence-electron chi connectivity index (χ4n) is 3.74. The van der Waals surface area contributed by atoms with Gasteiger partial charge in [0.05, 0.1) is 12.7 Å². The highest BCUT2D eigenvalue weighted by atomic mass is 16.5. The smallest absolute Gasteiger partial charge is 0.322 e. The van der Waals surface area contributed by atoms with Gasteiger partial charge in [-0.25, -0.2) is 15.0 Å². The van der Waals surface area contributed by atoms with Crippen LogP contribution in [0.15, 0.2) is 67.1 Å². The number of benzene rings is 2. The van der Waals surface area contributed by atoms with Crippen molar-refractivity contribution in [1.29, 1.82) is 0 Å². The zero-order valence-electron chi connectivity index (χ0n) is 18.1. The Morgan fingerprint density at radius 3 is 2.24 bits per heavy atom. The molecule has 9 heteroatoms. The van der Waals surface area contributed by atoms with Crippen LogP contribution in [0.1, 0.15) is 5.69 Å². The molecule has 0 fully saturated rings. The molecule has 0 amide bonds. The van der Waals surface area contributed by atoms with Crippen LogP contribution in [0.25, 0.3) is 27.8 Å². The van der Waals surface area contributed by atoms with Crippen molar-refractivity contribution in [3.05, 3.63) is 72.8 Å². The number of methoxy groups -OCH3 is 1. The quantitative estimate of drug-likeness (QED) is 0.392. The molecule has 0 saturated heterocycles. The number of anilines is 2. The topological polar surface area (TPSA) is 126 Å². The van der Waals surface area contributed by atoms with Crippen molar-refractivity contribution in [2.45, 2.75) is 6.92 Å². The van der Waals surface area contributed by atoms with Crippen LogP contribution < -0.4 is 20.9 Å². The van der Waals surface area contributed by atoms with Crippen LogP contribution in [-0.2, 0) is 0 Å². The minimum absolute atomic E-state index is 0.291. The molecule has 0 aliphatic heterocycles. The molecule has 9 nitrogen and oxygen atoms in total. The molecule has 0 radical (unpaired) electrons. The van der Waals surface area contributed by atoms with Crippen LogP contribution in [0, 0.1) is 6.92 Å². The fraction of sp³-hybridized carbons (Fsp3) is 0.0833. The lowest BCUT2D eigenvalue weighted by Crippen LogP contribution is -2.00. The van der Waals surface area contributed by atoms with E-state index in [2.05, 4.69) is 20.1 Å². The molecule has 164 valence electrons. The minimum atomic E-state index is 0.291. The number of rotatable bonds is 5. The molecule has 4 N–H and O–H groups in total. The van der Waals surface area contributed by atoms with Crippen molar-refractivity contribution in [2.75, 3.05) is 18.6 Å². The molecule has 0 saturated carbocycles. The zero-order chi connectivity index (χ0) is 22.9. The predicted molar refractivity (Wildman–Crippen MR) is 126 cm³/mol. The van der Waals surface area contributed by atoms with E-state index in [0.717, 1.165) is 27.9 Å². The summed E-state index contributed by atoms with van der Waals surface area (Å²) < 4.78 is 13.2. The minimum Gasteiger partial charge on any atom is -0.480 e. The van der Waals surface area contributed by atoms with E-state index in [1.165, 1.54) is 6.33 Å². The van der Waals surface area contributed by atoms with Gasteiger partial charge >= 0.3 is 6.01 Å². The third-order valence-electron chi connectivity index (χ3n) is 5.23. The molecule has 0 spiro atoms. The van der Waals surface area contributed by atoms with Crippen LogP contribution in [0.4, 0.5) is 11.5 Å². The molecular weight excluding hydrogens is 418 g/mol. The van der Waals surface area contributed by atoms with Gasteiger partial charge in [-0.15, -0.1) is 0 Å². The molecule has 5 aromatic rings. The van der Waals surface area contributed by atoms with E-state index in [1.807, 2.05) is 61.5 Å². The summed E-state index contributed by atoms with van der Waals surface area (Å²) in [6.45, 7) is 1.88. The van der Waals surface area contributed by atoms with E-state index in [9.17, 15) is 0 Å². The Balaban J connectivity index is 1.67. The SMILES string of the molecule is COc1c(-c2ccc(N)cc2)c(-c2ccc(Oc3nccc(C)n3)cc2)c2c(N)ncnn12. The molecule has 0 bridgehead atoms. The summed E-state index contributed by atoms with van der Waals surface area (Å²) in [6, 6.07) is 17.2. The van der Waals surface area contributed by atoms with Gasteiger partial charge in [0.1, 0.15) is 17.6 Å². The van der Waals surface area contributed by atoms with Crippen molar-refractivity contribution in [3.63, 3.8) is 0 Å². The molecule has 5 rings (SSSR count). The van der Waals surface area contributed by atoms with Crippen molar-refractivity contribution in [2.24, 2.45) is 0 Å². The number of aromatic nitrogens is 5. The molecule has 0 aliphatic carbocycles. The van der Waals surface area contributed by atoms with E-state index in [-0.39, 0.29) is 0 Å². The summed E-state index contributed by atoms with van der Waals surface area (Å²) in [6.07, 6.45) is 3.06. The summed E-state index contributed by atoms with van der Waals surface area (Å²) >= 11 is 0. The van der Waals surface area contributed by atoms with Gasteiger partial charge in [0, 0.05) is 23.1 Å². The molecule has 0 atom stereocenters. The second-order valence-corrected chi connectivity index (χ2v) is 7.39. The van der Waals surface area contributed by atoms with Crippen LogP contribution in [0.2, 0.25) is 0 Å². The number of hydrogen-bond acceptors (Lipinski definition) is 8. The number of ether oxygens (including phenoxy) is 2. The molecule has 3 aromatic heterocycles. The molecule has 2 aromatic carbocycles. The Hall–Kier alpha value is -4.66. The maximum absolute atomic E-state index is 6.29. The molecule has 3 heterocycles. The Bertz CT molecular complexity index is 1440. The average Bonchev–Trinajstić information content (AvgIpc) is 3.16. The molecule has 33 heavy (non-hydrogen) atoms. The third-order valence-corrected chi connectivity index (χ3v) is 5.23. The summed E-state index contributed by atoms with van der Waals surface area (Å²) in [5, 5.41) is 4.38. The van der Waals surface area contributed by atoms with Crippen LogP contribution in [0.3, 0.4) is 0 Å². The van der Waals surface area contributed by atoms with E-state index in [4.69, 9.17) is 20.9 Å². The number of nitrogen functional groups attached to an aromatic ring is 2. The van der Waals surface area contributed by atoms with Crippen LogP contribution in [-0.4, -0.2) is 31.7 Å². The van der Waals surface area contributed by atoms with Crippen molar-refractivity contribution in [3.8, 4) is 39.9 Å². The molecule has 0 aliphatic rings. The highest BCUT2D eigenvalue weighted by Crippen LogP contribution is 2.45. The summed E-state index contributed by atoms with van der Waals surface area (Å²) in [5.74, 6) is 1.50. The lowest BCUT2D eigenvalue weighted by molar-refractivity contribution is 0.389. The maximum Gasteiger partial charge on any atom is 0.322 e. The number of hydrogen-bond donors (Lipinski definition) is 2. The lowest BCUT2D eigenvalue weighted by atomic mass is 9.97. The molecular formula is C24H21N7O2. The summed E-state index contributed by atoms with van der Waals surface area (Å²) in [4.78, 5) is 12.6. The van der Waals surface area contributed by atoms with E-state index >= 15 is 0 Å². The van der Waals surface area contributed by atoms with Gasteiger partial charge in [0.15, 0.2) is 5.82 Å². The van der Waals surface area contributed by atoms with Crippen LogP contribution in [0.5, 0.6) is 17.6 Å². The van der Waals surface area contributed by atoms with Gasteiger partial charge in [-0.1, -0.05) is 24.3 Å². The van der Waals surface area contributed by atoms with E-state index in [1.54, 1.807) is 17.8 Å². The van der Waals surface area contributed by atoms with Gasteiger partial charge < -0.3 is 20.9 Å². The van der Waals surface area contributed by atoms with Gasteiger partial charge in [0.2, 0.25) is 5.88 Å². The van der Waals surface area contributed by atoms with Crippen molar-refractivity contribution >= 4 is 17.0 Å². The van der Waals surface area contributed by atoms with Gasteiger partial charge in [0.25, 0.3) is 0 Å². The number of nitrogens with zero attached hydrogens (tertiary/aromatic N) is 5. The largest absolute Gasteiger partial charge is 0.480 e. The zero-order valence-corrected chi connectivity index (χ0v) is 18.1. The monoisotopic (exact) mass is 439 g/mol. The standard InChI is InChI=1S/C24H21N7O2/c1-14-11-12-27-24(30-14)33-18-9-5-15(6-10-18)19-20(16-3-7-17(25)8-4-16)23(32-2)31-21(19)22(26)28-13-29-31/h3-13H,25H2,1-2H3,(H2,26,28,29). The van der Waals surface area contributed by atoms with Gasteiger partial charge in [-0.2, -0.15) is 9.61 Å². The van der Waals surface area contributed by atoms with Crippen molar-refractivity contribution < 1.29 is 9.47 Å². The second kappa shape index (κ2) is 8.12. The Kier molecular flexibility index (Phi) is 4.98. The predicted octanol–water partition coefficient (Wildman–Crippen LogP) is 4.13. The van der Waals surface area contributed by atoms with Crippen LogP contribution >= 0.6 is 0 Å². The average molecular weight is 439 g/mol. The number of nitrogens with two attached hydrogens (primary N) is 2. The first-order valence-corrected chi connectivity index (χ1v) is 10.2. The summed E-state index contributed by atoms with van der Waals surface area (Å²) in [5.41, 5.74) is 17.8. The third kappa shape index (κ3) is 3.65. The maximum atomic E-state index is 6.29. The Morgan fingerprint density at radius 2 is 1.55 bits per heavy atom. The second-order valence-electron chi connectivity index (χ2n) is 7.39. The highest BCUT2D eigenvalue weighted by molar-refractivity contribution is 6.01. The highest BCUT2D eigenvalue weighted by Gasteiger charge is 2.25. The fourth-order valence-corrected chi connectivity index (χ4v) is 3.74.